The Morgan fingerprint density at radius 2 is 2.00 bits per heavy atom. The Morgan fingerprint density at radius 1 is 1.31 bits per heavy atom. The molecular formula is C10H15ClN4O. The fraction of sp³-hybridized carbons (Fsp3) is 0.600. The van der Waals surface area contributed by atoms with Crippen LogP contribution in [0.2, 0.25) is 5.02 Å². The second kappa shape index (κ2) is 4.84. The molecule has 16 heavy (non-hydrogen) atoms. The van der Waals surface area contributed by atoms with E-state index in [1.165, 1.54) is 6.33 Å². The summed E-state index contributed by atoms with van der Waals surface area (Å²) in [6.45, 7) is 0. The molecule has 1 aliphatic rings. The molecule has 0 aliphatic heterocycles. The van der Waals surface area contributed by atoms with Gasteiger partial charge in [0.25, 0.3) is 0 Å². The minimum atomic E-state index is -0.163. The maximum atomic E-state index is 9.39. The average Bonchev–Trinajstić information content (AvgIpc) is 2.28. The van der Waals surface area contributed by atoms with Crippen molar-refractivity contribution in [2.75, 3.05) is 11.1 Å². The second-order valence-corrected chi connectivity index (χ2v) is 4.45. The van der Waals surface area contributed by atoms with E-state index in [1.807, 2.05) is 0 Å². The van der Waals surface area contributed by atoms with E-state index in [0.29, 0.717) is 16.9 Å². The van der Waals surface area contributed by atoms with Crippen molar-refractivity contribution in [2.24, 2.45) is 0 Å². The number of anilines is 2. The van der Waals surface area contributed by atoms with E-state index in [4.69, 9.17) is 17.3 Å². The maximum Gasteiger partial charge on any atom is 0.150 e. The normalized spacial score (nSPS) is 25.4. The number of rotatable bonds is 2. The van der Waals surface area contributed by atoms with Crippen molar-refractivity contribution < 1.29 is 5.11 Å². The molecule has 0 bridgehead atoms. The van der Waals surface area contributed by atoms with Gasteiger partial charge < -0.3 is 16.2 Å². The molecule has 1 saturated carbocycles. The highest BCUT2D eigenvalue weighted by molar-refractivity contribution is 6.35. The first-order chi connectivity index (χ1) is 7.66. The molecule has 0 aromatic carbocycles. The predicted octanol–water partition coefficient (Wildman–Crippen LogP) is 1.43. The summed E-state index contributed by atoms with van der Waals surface area (Å²) in [5.74, 6) is 0.866. The molecule has 2 rings (SSSR count). The zero-order chi connectivity index (χ0) is 11.5. The smallest absolute Gasteiger partial charge is 0.150 e. The molecule has 0 saturated heterocycles. The molecule has 4 N–H and O–H groups in total. The van der Waals surface area contributed by atoms with Gasteiger partial charge in [-0.2, -0.15) is 0 Å². The van der Waals surface area contributed by atoms with Crippen LogP contribution in [0.15, 0.2) is 6.33 Å². The lowest BCUT2D eigenvalue weighted by molar-refractivity contribution is 0.126. The number of nitrogens with two attached hydrogens (primary N) is 1. The van der Waals surface area contributed by atoms with Crippen molar-refractivity contribution >= 4 is 23.2 Å². The molecule has 0 amide bonds. The monoisotopic (exact) mass is 242 g/mol. The van der Waals surface area contributed by atoms with Crippen LogP contribution in [-0.4, -0.2) is 27.2 Å². The Labute approximate surface area is 99.0 Å². The highest BCUT2D eigenvalue weighted by Gasteiger charge is 2.20. The third-order valence-electron chi connectivity index (χ3n) is 2.85. The van der Waals surface area contributed by atoms with E-state index in [0.717, 1.165) is 25.7 Å². The number of aromatic nitrogens is 2. The predicted molar refractivity (Wildman–Crippen MR) is 63.3 cm³/mol. The largest absolute Gasteiger partial charge is 0.393 e. The van der Waals surface area contributed by atoms with Crippen molar-refractivity contribution in [3.8, 4) is 0 Å². The van der Waals surface area contributed by atoms with E-state index in [1.54, 1.807) is 0 Å². The Kier molecular flexibility index (Phi) is 3.46. The van der Waals surface area contributed by atoms with Crippen molar-refractivity contribution in [3.05, 3.63) is 11.3 Å². The molecule has 6 heteroatoms. The first-order valence-electron chi connectivity index (χ1n) is 5.37. The summed E-state index contributed by atoms with van der Waals surface area (Å²) in [5.41, 5.74) is 5.58. The van der Waals surface area contributed by atoms with Gasteiger partial charge in [-0.25, -0.2) is 9.97 Å². The molecule has 5 nitrogen and oxygen atoms in total. The summed E-state index contributed by atoms with van der Waals surface area (Å²) >= 11 is 5.98. The molecule has 1 aromatic rings. The van der Waals surface area contributed by atoms with Crippen molar-refractivity contribution in [3.63, 3.8) is 0 Å². The number of aliphatic hydroxyl groups is 1. The van der Waals surface area contributed by atoms with Gasteiger partial charge in [-0.1, -0.05) is 11.6 Å². The number of nitrogen functional groups attached to an aromatic ring is 1. The number of aliphatic hydroxyl groups excluding tert-OH is 1. The second-order valence-electron chi connectivity index (χ2n) is 4.07. The van der Waals surface area contributed by atoms with Crippen LogP contribution in [0.25, 0.3) is 0 Å². The summed E-state index contributed by atoms with van der Waals surface area (Å²) in [6, 6.07) is 0.301. The topological polar surface area (TPSA) is 84.1 Å². The fourth-order valence-electron chi connectivity index (χ4n) is 1.90. The van der Waals surface area contributed by atoms with Crippen molar-refractivity contribution in [1.82, 2.24) is 9.97 Å². The summed E-state index contributed by atoms with van der Waals surface area (Å²) in [6.07, 6.45) is 4.69. The minimum absolute atomic E-state index is 0.163. The van der Waals surface area contributed by atoms with Crippen LogP contribution in [0.3, 0.4) is 0 Å². The van der Waals surface area contributed by atoms with Gasteiger partial charge in [-0.3, -0.25) is 0 Å². The molecule has 88 valence electrons. The summed E-state index contributed by atoms with van der Waals surface area (Å²) < 4.78 is 0. The summed E-state index contributed by atoms with van der Waals surface area (Å²) in [5, 5.41) is 13.0. The average molecular weight is 243 g/mol. The highest BCUT2D eigenvalue weighted by atomic mass is 35.5. The van der Waals surface area contributed by atoms with Gasteiger partial charge in [0, 0.05) is 6.04 Å². The van der Waals surface area contributed by atoms with E-state index < -0.39 is 0 Å². The third kappa shape index (κ3) is 2.54. The van der Waals surface area contributed by atoms with Gasteiger partial charge >= 0.3 is 0 Å². The Balaban J connectivity index is 2.01. The maximum absolute atomic E-state index is 9.39. The number of halogens is 1. The molecule has 1 aliphatic carbocycles. The van der Waals surface area contributed by atoms with E-state index in [9.17, 15) is 5.11 Å². The zero-order valence-electron chi connectivity index (χ0n) is 8.86. The SMILES string of the molecule is Nc1ncnc(NC2CCC(O)CC2)c1Cl. The van der Waals surface area contributed by atoms with Crippen molar-refractivity contribution in [1.29, 1.82) is 0 Å². The lowest BCUT2D eigenvalue weighted by atomic mass is 9.93. The standard InChI is InChI=1S/C10H15ClN4O/c11-8-9(12)13-5-14-10(8)15-6-1-3-7(16)4-2-6/h5-7,16H,1-4H2,(H3,12,13,14,15). The van der Waals surface area contributed by atoms with E-state index >= 15 is 0 Å². The minimum Gasteiger partial charge on any atom is -0.393 e. The van der Waals surface area contributed by atoms with Crippen LogP contribution >= 0.6 is 11.6 Å². The number of nitrogens with zero attached hydrogens (tertiary/aromatic N) is 2. The summed E-state index contributed by atoms with van der Waals surface area (Å²) in [7, 11) is 0. The van der Waals surface area contributed by atoms with Crippen LogP contribution in [0.4, 0.5) is 11.6 Å². The van der Waals surface area contributed by atoms with Crippen LogP contribution in [0.1, 0.15) is 25.7 Å². The van der Waals surface area contributed by atoms with Gasteiger partial charge in [0.05, 0.1) is 6.10 Å². The number of nitrogens with one attached hydrogen (secondary N) is 1. The number of hydrogen-bond acceptors (Lipinski definition) is 5. The lowest BCUT2D eigenvalue weighted by Gasteiger charge is -2.26. The van der Waals surface area contributed by atoms with Gasteiger partial charge in [0.1, 0.15) is 17.2 Å². The molecule has 0 atom stereocenters. The molecule has 0 unspecified atom stereocenters. The highest BCUT2D eigenvalue weighted by Crippen LogP contribution is 2.27. The zero-order valence-corrected chi connectivity index (χ0v) is 9.61. The van der Waals surface area contributed by atoms with Crippen LogP contribution in [0.5, 0.6) is 0 Å². The van der Waals surface area contributed by atoms with Crippen LogP contribution in [-0.2, 0) is 0 Å². The van der Waals surface area contributed by atoms with Gasteiger partial charge in [-0.05, 0) is 25.7 Å². The summed E-state index contributed by atoms with van der Waals surface area (Å²) in [4.78, 5) is 7.85. The van der Waals surface area contributed by atoms with Gasteiger partial charge in [0.2, 0.25) is 0 Å². The fourth-order valence-corrected chi connectivity index (χ4v) is 2.05. The Morgan fingerprint density at radius 3 is 2.69 bits per heavy atom. The first-order valence-corrected chi connectivity index (χ1v) is 5.75. The number of hydrogen-bond donors (Lipinski definition) is 3. The Bertz CT molecular complexity index is 366. The van der Waals surface area contributed by atoms with Crippen LogP contribution in [0, 0.1) is 0 Å². The molecule has 0 spiro atoms. The van der Waals surface area contributed by atoms with E-state index in [-0.39, 0.29) is 11.9 Å². The quantitative estimate of drug-likeness (QED) is 0.731. The molecular weight excluding hydrogens is 228 g/mol. The Hall–Kier alpha value is -1.07. The molecule has 0 radical (unpaired) electrons. The molecule has 1 heterocycles. The van der Waals surface area contributed by atoms with Gasteiger partial charge in [0.15, 0.2) is 5.82 Å². The van der Waals surface area contributed by atoms with Gasteiger partial charge in [-0.15, -0.1) is 0 Å². The lowest BCUT2D eigenvalue weighted by Crippen LogP contribution is -2.28. The molecule has 1 aromatic heterocycles. The first kappa shape index (κ1) is 11.4. The van der Waals surface area contributed by atoms with E-state index in [2.05, 4.69) is 15.3 Å². The third-order valence-corrected chi connectivity index (χ3v) is 3.23. The van der Waals surface area contributed by atoms with Crippen molar-refractivity contribution in [2.45, 2.75) is 37.8 Å². The van der Waals surface area contributed by atoms with Crippen LogP contribution < -0.4 is 11.1 Å². The molecule has 1 fully saturated rings.